The molecule has 0 aliphatic rings. The maximum absolute atomic E-state index is 16.0. The van der Waals surface area contributed by atoms with Crippen LogP contribution in [-0.4, -0.2) is 0 Å². The Morgan fingerprint density at radius 1 is 0.226 bits per heavy atom. The van der Waals surface area contributed by atoms with Gasteiger partial charge in [-0.3, -0.25) is 0 Å². The largest absolute Gasteiger partial charge is 0.309 e. The van der Waals surface area contributed by atoms with Gasteiger partial charge in [-0.05, 0) is 133 Å². The van der Waals surface area contributed by atoms with E-state index in [0.717, 1.165) is 46.5 Å². The Bertz CT molecular complexity index is 3850. The zero-order chi connectivity index (χ0) is 58.5. The predicted molar refractivity (Wildman–Crippen MR) is 326 cm³/mol. The van der Waals surface area contributed by atoms with Gasteiger partial charge in [-0.15, -0.1) is 0 Å². The van der Waals surface area contributed by atoms with Crippen molar-refractivity contribution in [1.82, 2.24) is 0 Å². The summed E-state index contributed by atoms with van der Waals surface area (Å²) in [5, 5.41) is 3.30. The van der Waals surface area contributed by atoms with Crippen molar-refractivity contribution in [2.24, 2.45) is 0 Å². The van der Waals surface area contributed by atoms with Crippen LogP contribution in [0.25, 0.3) is 32.3 Å². The quantitative estimate of drug-likeness (QED) is 0.0706. The van der Waals surface area contributed by atoms with Gasteiger partial charge in [-0.25, -0.2) is 35.1 Å². The van der Waals surface area contributed by atoms with Gasteiger partial charge in [0.1, 0.15) is 46.5 Å². The number of anilines is 12. The second-order valence-electron chi connectivity index (χ2n) is 20.7. The van der Waals surface area contributed by atoms with Crippen LogP contribution in [0.15, 0.2) is 206 Å². The molecule has 0 bridgehead atoms. The summed E-state index contributed by atoms with van der Waals surface area (Å²) in [5.74, 6) is -6.72. The van der Waals surface area contributed by atoms with Crippen LogP contribution in [0.1, 0.15) is 49.9 Å². The van der Waals surface area contributed by atoms with Crippen LogP contribution in [0, 0.1) is 46.5 Å². The lowest BCUT2D eigenvalue weighted by atomic mass is 9.88. The number of para-hydroxylation sites is 4. The minimum absolute atomic E-state index is 0.124. The molecule has 0 heterocycles. The fourth-order valence-corrected chi connectivity index (χ4v) is 12.1. The Labute approximate surface area is 481 Å². The molecule has 418 valence electrons. The van der Waals surface area contributed by atoms with Gasteiger partial charge >= 0.3 is 0 Å². The number of nitrogens with zero attached hydrogens (tertiary/aromatic N) is 4. The zero-order valence-corrected chi connectivity index (χ0v) is 46.3. The van der Waals surface area contributed by atoms with E-state index in [2.05, 4.69) is 0 Å². The first-order valence-electron chi connectivity index (χ1n) is 27.9. The van der Waals surface area contributed by atoms with E-state index in [0.29, 0.717) is 103 Å². The summed E-state index contributed by atoms with van der Waals surface area (Å²) in [6.07, 6.45) is 2.00. The monoisotopic (exact) mass is 1130 g/mol. The molecule has 0 atom stereocenters. The molecule has 12 rings (SSSR count). The highest BCUT2D eigenvalue weighted by atomic mass is 19.2. The van der Waals surface area contributed by atoms with Gasteiger partial charge in [-0.2, -0.15) is 0 Å². The number of halogens is 8. The molecule has 0 saturated heterocycles. The maximum Gasteiger partial charge on any atom is 0.128 e. The summed E-state index contributed by atoms with van der Waals surface area (Å²) < 4.78 is 128. The molecule has 4 nitrogen and oxygen atoms in total. The predicted octanol–water partition coefficient (Wildman–Crippen LogP) is 21.8. The van der Waals surface area contributed by atoms with Crippen molar-refractivity contribution in [1.29, 1.82) is 0 Å². The van der Waals surface area contributed by atoms with Gasteiger partial charge in [0.25, 0.3) is 0 Å². The number of hydrogen-bond acceptors (Lipinski definition) is 4. The first-order chi connectivity index (χ1) is 40.7. The SMILES string of the molecule is CCc1ccccc1N(c1cc(F)cc(F)c1)c1cc(N(c2cc(F)cc(F)c2)c2ccccc2CC)c2ccc3c(N(c4cc(F)cc(F)c4)c4ccccc4CC)cc(N(c4cc(F)cc(F)c4)c4ccccc4CC)c4ccc1c2c43. The van der Waals surface area contributed by atoms with E-state index in [1.807, 2.05) is 161 Å². The summed E-state index contributed by atoms with van der Waals surface area (Å²) in [4.78, 5) is 7.15. The smallest absolute Gasteiger partial charge is 0.128 e. The first kappa shape index (κ1) is 54.9. The average molecular weight is 1130 g/mol. The minimum atomic E-state index is -0.840. The minimum Gasteiger partial charge on any atom is -0.309 e. The third-order valence-electron chi connectivity index (χ3n) is 15.7. The number of aryl methyl sites for hydroxylation is 4. The molecule has 0 spiro atoms. The van der Waals surface area contributed by atoms with Crippen LogP contribution in [0.5, 0.6) is 0 Å². The van der Waals surface area contributed by atoms with E-state index < -0.39 is 46.5 Å². The molecule has 0 aliphatic heterocycles. The Hall–Kier alpha value is -9.68. The van der Waals surface area contributed by atoms with Gasteiger partial charge in [0.05, 0.1) is 45.5 Å². The van der Waals surface area contributed by atoms with Gasteiger partial charge in [-0.1, -0.05) is 125 Å². The second-order valence-corrected chi connectivity index (χ2v) is 20.7. The van der Waals surface area contributed by atoms with E-state index in [9.17, 15) is 0 Å². The topological polar surface area (TPSA) is 13.0 Å². The third-order valence-corrected chi connectivity index (χ3v) is 15.7. The van der Waals surface area contributed by atoms with Crippen molar-refractivity contribution in [3.63, 3.8) is 0 Å². The lowest BCUT2D eigenvalue weighted by Gasteiger charge is -2.35. The van der Waals surface area contributed by atoms with E-state index in [1.54, 1.807) is 19.6 Å². The summed E-state index contributed by atoms with van der Waals surface area (Å²) in [6, 6.07) is 54.6. The Balaban J connectivity index is 1.35. The number of rotatable bonds is 16. The van der Waals surface area contributed by atoms with Crippen molar-refractivity contribution < 1.29 is 35.1 Å². The van der Waals surface area contributed by atoms with Crippen LogP contribution < -0.4 is 19.6 Å². The summed E-state index contributed by atoms with van der Waals surface area (Å²) in [6.45, 7) is 7.90. The van der Waals surface area contributed by atoms with E-state index in [4.69, 9.17) is 0 Å². The number of benzene rings is 12. The van der Waals surface area contributed by atoms with Crippen LogP contribution in [0.3, 0.4) is 0 Å². The molecule has 0 radical (unpaired) electrons. The molecule has 12 aromatic carbocycles. The highest BCUT2D eigenvalue weighted by Gasteiger charge is 2.32. The molecule has 0 amide bonds. The molecule has 0 aliphatic carbocycles. The normalized spacial score (nSPS) is 11.5. The Morgan fingerprint density at radius 2 is 0.417 bits per heavy atom. The van der Waals surface area contributed by atoms with Crippen molar-refractivity contribution in [3.05, 3.63) is 275 Å². The molecular weight excluding hydrogens is 1070 g/mol. The molecule has 0 fully saturated rings. The standard InChI is InChI=1S/C72H54F8N4/c1-5-43-17-9-13-21-63(43)81(55-33-47(73)29-48(74)34-55)67-41-68(82(56-35-49(75)30-50(76)36-56)64-22-14-10-18-44(64)6-2)60-27-28-62-70(84(58-39-53(79)32-54(80)40-58)66-24-16-12-20-46(66)8-4)42-69(61-26-25-59(67)71(60)72(61)62)83(57-37-51(77)31-52(78)38-57)65-23-15-11-19-45(65)7-3/h9-42H,5-8H2,1-4H3. The van der Waals surface area contributed by atoms with Gasteiger partial charge in [0.15, 0.2) is 0 Å². The molecule has 0 unspecified atom stereocenters. The van der Waals surface area contributed by atoms with E-state index in [1.165, 1.54) is 48.5 Å². The average Bonchev–Trinajstić information content (AvgIpc) is 0.786. The van der Waals surface area contributed by atoms with Crippen LogP contribution >= 0.6 is 0 Å². The van der Waals surface area contributed by atoms with Crippen LogP contribution in [0.4, 0.5) is 103 Å². The third kappa shape index (κ3) is 9.95. The van der Waals surface area contributed by atoms with Gasteiger partial charge in [0.2, 0.25) is 0 Å². The molecule has 12 aromatic rings. The van der Waals surface area contributed by atoms with E-state index >= 15 is 35.1 Å². The molecular formula is C72H54F8N4. The maximum atomic E-state index is 16.0. The van der Waals surface area contributed by atoms with Crippen molar-refractivity contribution in [2.45, 2.75) is 53.4 Å². The molecule has 84 heavy (non-hydrogen) atoms. The summed E-state index contributed by atoms with van der Waals surface area (Å²) >= 11 is 0. The summed E-state index contributed by atoms with van der Waals surface area (Å²) in [5.41, 5.74) is 7.71. The van der Waals surface area contributed by atoms with Crippen molar-refractivity contribution >= 4 is 101 Å². The Morgan fingerprint density at radius 3 is 0.607 bits per heavy atom. The van der Waals surface area contributed by atoms with E-state index in [-0.39, 0.29) is 22.7 Å². The van der Waals surface area contributed by atoms with Gasteiger partial charge in [0, 0.05) is 79.3 Å². The summed E-state index contributed by atoms with van der Waals surface area (Å²) in [7, 11) is 0. The lowest BCUT2D eigenvalue weighted by molar-refractivity contribution is 0.583. The lowest BCUT2D eigenvalue weighted by Crippen LogP contribution is -2.18. The number of hydrogen-bond donors (Lipinski definition) is 0. The fraction of sp³-hybridized carbons (Fsp3) is 0.111. The second kappa shape index (κ2) is 22.6. The molecule has 0 aromatic heterocycles. The molecule has 0 N–H and O–H groups in total. The van der Waals surface area contributed by atoms with Crippen molar-refractivity contribution in [3.8, 4) is 0 Å². The molecule has 12 heteroatoms. The molecule has 0 saturated carbocycles. The van der Waals surface area contributed by atoms with Crippen molar-refractivity contribution in [2.75, 3.05) is 19.6 Å². The highest BCUT2D eigenvalue weighted by molar-refractivity contribution is 6.33. The Kier molecular flexibility index (Phi) is 14.8. The van der Waals surface area contributed by atoms with Crippen LogP contribution in [-0.2, 0) is 25.7 Å². The fourth-order valence-electron chi connectivity index (χ4n) is 12.1. The highest BCUT2D eigenvalue weighted by Crippen LogP contribution is 2.56. The van der Waals surface area contributed by atoms with Crippen LogP contribution in [0.2, 0.25) is 0 Å². The van der Waals surface area contributed by atoms with Gasteiger partial charge < -0.3 is 19.6 Å². The zero-order valence-electron chi connectivity index (χ0n) is 46.3. The first-order valence-corrected chi connectivity index (χ1v) is 27.9.